The van der Waals surface area contributed by atoms with E-state index in [4.69, 9.17) is 4.98 Å². The summed E-state index contributed by atoms with van der Waals surface area (Å²) in [5, 5.41) is 4.11. The van der Waals surface area contributed by atoms with E-state index in [2.05, 4.69) is 28.4 Å². The fraction of sp³-hybridized carbons (Fsp3) is 0.393. The Balaban J connectivity index is 1.18. The first-order valence-electron chi connectivity index (χ1n) is 12.4. The number of rotatable bonds is 5. The molecule has 2 aromatic carbocycles. The highest BCUT2D eigenvalue weighted by Crippen LogP contribution is 2.39. The molecule has 1 aromatic heterocycles. The Morgan fingerprint density at radius 3 is 2.57 bits per heavy atom. The minimum atomic E-state index is -0.0697. The zero-order valence-corrected chi connectivity index (χ0v) is 21.2. The van der Waals surface area contributed by atoms with E-state index in [0.717, 1.165) is 40.2 Å². The van der Waals surface area contributed by atoms with E-state index >= 15 is 0 Å². The Hall–Kier alpha value is -3.03. The van der Waals surface area contributed by atoms with Gasteiger partial charge in [-0.15, -0.1) is 11.3 Å². The van der Waals surface area contributed by atoms with E-state index < -0.39 is 0 Å². The van der Waals surface area contributed by atoms with Crippen LogP contribution in [0.3, 0.4) is 0 Å². The maximum atomic E-state index is 13.6. The SMILES string of the molecule is Cc1cccc(NC(=O)CN2CCN(C(=O)C3CC=CCC3c3nc4ccccc4s3)CC2)c1C. The molecule has 2 amide bonds. The number of fused-ring (bicyclic) bond motifs is 1. The second-order valence-electron chi connectivity index (χ2n) is 9.57. The van der Waals surface area contributed by atoms with Crippen LogP contribution in [0.4, 0.5) is 5.69 Å². The van der Waals surface area contributed by atoms with Crippen LogP contribution in [0.25, 0.3) is 10.2 Å². The first-order valence-corrected chi connectivity index (χ1v) is 13.2. The topological polar surface area (TPSA) is 65.5 Å². The van der Waals surface area contributed by atoms with Crippen LogP contribution in [-0.4, -0.2) is 59.3 Å². The fourth-order valence-electron chi connectivity index (χ4n) is 5.05. The minimum absolute atomic E-state index is 0.00760. The predicted octanol–water partition coefficient (Wildman–Crippen LogP) is 4.75. The van der Waals surface area contributed by atoms with Crippen LogP contribution in [0.1, 0.15) is 34.9 Å². The molecule has 1 aliphatic heterocycles. The van der Waals surface area contributed by atoms with Crippen molar-refractivity contribution in [2.75, 3.05) is 38.0 Å². The van der Waals surface area contributed by atoms with Crippen LogP contribution in [0, 0.1) is 19.8 Å². The molecule has 7 heteroatoms. The monoisotopic (exact) mass is 488 g/mol. The number of benzene rings is 2. The number of aryl methyl sites for hydroxylation is 1. The molecule has 35 heavy (non-hydrogen) atoms. The summed E-state index contributed by atoms with van der Waals surface area (Å²) in [5.74, 6) is 0.274. The van der Waals surface area contributed by atoms with E-state index in [1.807, 2.05) is 55.1 Å². The summed E-state index contributed by atoms with van der Waals surface area (Å²) in [6.07, 6.45) is 5.94. The van der Waals surface area contributed by atoms with Gasteiger partial charge in [-0.2, -0.15) is 0 Å². The van der Waals surface area contributed by atoms with Gasteiger partial charge < -0.3 is 10.2 Å². The Kier molecular flexibility index (Phi) is 6.97. The molecule has 0 bridgehead atoms. The number of carbonyl (C=O) groups excluding carboxylic acids is 2. The van der Waals surface area contributed by atoms with Gasteiger partial charge in [0.1, 0.15) is 0 Å². The number of piperazine rings is 1. The van der Waals surface area contributed by atoms with Crippen LogP contribution in [0.15, 0.2) is 54.6 Å². The standard InChI is InChI=1S/C28H32N4O2S/c1-19-8-7-12-23(20(19)2)29-26(33)18-31-14-16-32(17-15-31)28(34)22-10-4-3-9-21(22)27-30-24-11-5-6-13-25(24)35-27/h3-8,11-13,21-22H,9-10,14-18H2,1-2H3,(H,29,33). The summed E-state index contributed by atoms with van der Waals surface area (Å²) in [7, 11) is 0. The zero-order valence-electron chi connectivity index (χ0n) is 20.4. The van der Waals surface area contributed by atoms with E-state index in [9.17, 15) is 9.59 Å². The van der Waals surface area contributed by atoms with E-state index in [1.54, 1.807) is 11.3 Å². The molecule has 2 unspecified atom stereocenters. The highest BCUT2D eigenvalue weighted by molar-refractivity contribution is 7.18. The van der Waals surface area contributed by atoms with Gasteiger partial charge in [0.25, 0.3) is 0 Å². The lowest BCUT2D eigenvalue weighted by Gasteiger charge is -2.38. The smallest absolute Gasteiger partial charge is 0.238 e. The molecule has 2 atom stereocenters. The lowest BCUT2D eigenvalue weighted by atomic mass is 9.82. The summed E-state index contributed by atoms with van der Waals surface area (Å²) < 4.78 is 1.18. The maximum Gasteiger partial charge on any atom is 0.238 e. The van der Waals surface area contributed by atoms with Gasteiger partial charge in [0, 0.05) is 37.8 Å². The molecule has 3 aromatic rings. The van der Waals surface area contributed by atoms with Crippen molar-refractivity contribution < 1.29 is 9.59 Å². The molecule has 0 spiro atoms. The normalized spacial score (nSPS) is 20.8. The van der Waals surface area contributed by atoms with Crippen molar-refractivity contribution in [3.63, 3.8) is 0 Å². The lowest BCUT2D eigenvalue weighted by molar-refractivity contribution is -0.138. The van der Waals surface area contributed by atoms with Gasteiger partial charge in [0.05, 0.1) is 27.7 Å². The third-order valence-corrected chi connectivity index (χ3v) is 8.48. The molecule has 1 saturated heterocycles. The van der Waals surface area contributed by atoms with Crippen LogP contribution in [0.2, 0.25) is 0 Å². The molecule has 6 nitrogen and oxygen atoms in total. The number of amides is 2. The van der Waals surface area contributed by atoms with Gasteiger partial charge >= 0.3 is 0 Å². The molecule has 1 N–H and O–H groups in total. The molecule has 1 aliphatic carbocycles. The Labute approximate surface area is 210 Å². The number of hydrogen-bond donors (Lipinski definition) is 1. The van der Waals surface area contributed by atoms with Crippen LogP contribution in [-0.2, 0) is 9.59 Å². The number of anilines is 1. The van der Waals surface area contributed by atoms with Gasteiger partial charge in [-0.3, -0.25) is 14.5 Å². The van der Waals surface area contributed by atoms with E-state index in [-0.39, 0.29) is 23.7 Å². The van der Waals surface area contributed by atoms with Crippen LogP contribution < -0.4 is 5.32 Å². The highest BCUT2D eigenvalue weighted by atomic mass is 32.1. The average Bonchev–Trinajstić information content (AvgIpc) is 3.31. The third kappa shape index (κ3) is 5.16. The zero-order chi connectivity index (χ0) is 24.4. The molecule has 5 rings (SSSR count). The maximum absolute atomic E-state index is 13.6. The van der Waals surface area contributed by atoms with Crippen LogP contribution in [0.5, 0.6) is 0 Å². The second-order valence-corrected chi connectivity index (χ2v) is 10.6. The number of thiazole rings is 1. The summed E-state index contributed by atoms with van der Waals surface area (Å²) in [5.41, 5.74) is 4.15. The average molecular weight is 489 g/mol. The summed E-state index contributed by atoms with van der Waals surface area (Å²) in [6.45, 7) is 7.14. The Morgan fingerprint density at radius 2 is 1.77 bits per heavy atom. The van der Waals surface area contributed by atoms with E-state index in [0.29, 0.717) is 32.7 Å². The van der Waals surface area contributed by atoms with Crippen molar-refractivity contribution in [1.29, 1.82) is 0 Å². The molecule has 2 heterocycles. The fourth-order valence-corrected chi connectivity index (χ4v) is 6.19. The summed E-state index contributed by atoms with van der Waals surface area (Å²) >= 11 is 1.71. The second kappa shape index (κ2) is 10.3. The van der Waals surface area contributed by atoms with E-state index in [1.165, 1.54) is 4.70 Å². The quantitative estimate of drug-likeness (QED) is 0.527. The Bertz CT molecular complexity index is 1230. The predicted molar refractivity (Wildman–Crippen MR) is 142 cm³/mol. The number of aromatic nitrogens is 1. The molecule has 0 radical (unpaired) electrons. The first-order chi connectivity index (χ1) is 17.0. The molecule has 182 valence electrons. The van der Waals surface area contributed by atoms with Crippen molar-refractivity contribution in [1.82, 2.24) is 14.8 Å². The number of para-hydroxylation sites is 1. The third-order valence-electron chi connectivity index (χ3n) is 7.31. The van der Waals surface area contributed by atoms with Crippen molar-refractivity contribution in [2.45, 2.75) is 32.6 Å². The van der Waals surface area contributed by atoms with Crippen molar-refractivity contribution >= 4 is 39.1 Å². The molecule has 2 aliphatic rings. The lowest BCUT2D eigenvalue weighted by Crippen LogP contribution is -2.52. The highest BCUT2D eigenvalue weighted by Gasteiger charge is 2.36. The van der Waals surface area contributed by atoms with Crippen molar-refractivity contribution in [2.24, 2.45) is 5.92 Å². The molecular formula is C28H32N4O2S. The Morgan fingerprint density at radius 1 is 1.00 bits per heavy atom. The number of allylic oxidation sites excluding steroid dienone is 2. The molecule has 0 saturated carbocycles. The molecule has 1 fully saturated rings. The number of nitrogens with zero attached hydrogens (tertiary/aromatic N) is 3. The van der Waals surface area contributed by atoms with Gasteiger partial charge in [-0.05, 0) is 56.0 Å². The minimum Gasteiger partial charge on any atom is -0.340 e. The number of nitrogens with one attached hydrogen (secondary N) is 1. The van der Waals surface area contributed by atoms with Gasteiger partial charge in [-0.25, -0.2) is 4.98 Å². The number of carbonyl (C=O) groups is 2. The largest absolute Gasteiger partial charge is 0.340 e. The van der Waals surface area contributed by atoms with Gasteiger partial charge in [0.2, 0.25) is 11.8 Å². The molecular weight excluding hydrogens is 456 g/mol. The van der Waals surface area contributed by atoms with Gasteiger partial charge in [-0.1, -0.05) is 36.4 Å². The van der Waals surface area contributed by atoms with Gasteiger partial charge in [0.15, 0.2) is 0 Å². The summed E-state index contributed by atoms with van der Waals surface area (Å²) in [4.78, 5) is 35.2. The first kappa shape index (κ1) is 23.7. The van der Waals surface area contributed by atoms with Crippen LogP contribution >= 0.6 is 11.3 Å². The van der Waals surface area contributed by atoms with Crippen molar-refractivity contribution in [3.05, 3.63) is 70.8 Å². The summed E-state index contributed by atoms with van der Waals surface area (Å²) in [6, 6.07) is 14.1. The number of hydrogen-bond acceptors (Lipinski definition) is 5. The van der Waals surface area contributed by atoms with Crippen molar-refractivity contribution in [3.8, 4) is 0 Å².